The van der Waals surface area contributed by atoms with Crippen LogP contribution in [0, 0.1) is 0 Å². The number of para-hydroxylation sites is 1. The van der Waals surface area contributed by atoms with Crippen LogP contribution in [-0.4, -0.2) is 54.1 Å². The summed E-state index contributed by atoms with van der Waals surface area (Å²) >= 11 is 6.07. The average molecular weight is 462 g/mol. The van der Waals surface area contributed by atoms with Crippen molar-refractivity contribution in [2.45, 2.75) is 51.2 Å². The van der Waals surface area contributed by atoms with E-state index in [-0.39, 0.29) is 18.6 Å². The summed E-state index contributed by atoms with van der Waals surface area (Å²) in [4.78, 5) is 13.8. The van der Waals surface area contributed by atoms with E-state index in [0.717, 1.165) is 17.7 Å². The number of β-amino-alcohol motifs (C(OH)–C–C–N with tert-alkyl or cyclic N) is 1. The monoisotopic (exact) mass is 461 g/mol. The van der Waals surface area contributed by atoms with E-state index in [9.17, 15) is 9.90 Å². The Morgan fingerprint density at radius 2 is 1.78 bits per heavy atom. The minimum Gasteiger partial charge on any atom is -0.493 e. The third-order valence-electron chi connectivity index (χ3n) is 5.19. The summed E-state index contributed by atoms with van der Waals surface area (Å²) in [6.07, 6.45) is 0.400. The second-order valence-electron chi connectivity index (χ2n) is 8.94. The van der Waals surface area contributed by atoms with Crippen LogP contribution in [0.3, 0.4) is 0 Å². The van der Waals surface area contributed by atoms with Gasteiger partial charge in [-0.05, 0) is 57.0 Å². The first-order valence-corrected chi connectivity index (χ1v) is 11.4. The van der Waals surface area contributed by atoms with Crippen molar-refractivity contribution in [2.24, 2.45) is 0 Å². The van der Waals surface area contributed by atoms with Crippen LogP contribution < -0.4 is 9.47 Å². The molecule has 0 saturated carbocycles. The van der Waals surface area contributed by atoms with Gasteiger partial charge >= 0.3 is 6.09 Å². The zero-order valence-electron chi connectivity index (χ0n) is 18.9. The van der Waals surface area contributed by atoms with Gasteiger partial charge in [0, 0.05) is 18.9 Å². The Labute approximate surface area is 195 Å². The smallest absolute Gasteiger partial charge is 0.410 e. The van der Waals surface area contributed by atoms with E-state index < -0.39 is 11.7 Å². The predicted octanol–water partition coefficient (Wildman–Crippen LogP) is 5.27. The fourth-order valence-corrected chi connectivity index (χ4v) is 3.81. The molecule has 174 valence electrons. The molecule has 0 bridgehead atoms. The zero-order chi connectivity index (χ0) is 23.1. The lowest BCUT2D eigenvalue weighted by Gasteiger charge is -2.36. The molecule has 1 aliphatic heterocycles. The van der Waals surface area contributed by atoms with Crippen molar-refractivity contribution >= 4 is 17.7 Å². The van der Waals surface area contributed by atoms with E-state index in [0.29, 0.717) is 37.0 Å². The van der Waals surface area contributed by atoms with Crippen LogP contribution >= 0.6 is 11.6 Å². The molecule has 0 spiro atoms. The Morgan fingerprint density at radius 1 is 1.09 bits per heavy atom. The van der Waals surface area contributed by atoms with Gasteiger partial charge in [-0.25, -0.2) is 4.79 Å². The number of carbonyl (C=O) groups excluding carboxylic acids is 1. The number of benzene rings is 2. The van der Waals surface area contributed by atoms with E-state index in [1.165, 1.54) is 0 Å². The first-order valence-electron chi connectivity index (χ1n) is 11.0. The maximum Gasteiger partial charge on any atom is 0.410 e. The molecule has 2 aromatic carbocycles. The zero-order valence-corrected chi connectivity index (χ0v) is 19.7. The number of likely N-dealkylation sites (tertiary alicyclic amines) is 1. The number of aliphatic hydroxyl groups is 1. The van der Waals surface area contributed by atoms with Crippen molar-refractivity contribution in [3.63, 3.8) is 0 Å². The molecule has 1 heterocycles. The number of hydrogen-bond acceptors (Lipinski definition) is 5. The van der Waals surface area contributed by atoms with Gasteiger partial charge in [0.1, 0.15) is 17.1 Å². The van der Waals surface area contributed by atoms with E-state index in [1.54, 1.807) is 11.0 Å². The second kappa shape index (κ2) is 10.9. The van der Waals surface area contributed by atoms with Gasteiger partial charge in [0.05, 0.1) is 30.9 Å². The molecule has 1 amide bonds. The van der Waals surface area contributed by atoms with Crippen LogP contribution in [-0.2, 0) is 4.74 Å². The van der Waals surface area contributed by atoms with Gasteiger partial charge in [-0.1, -0.05) is 35.9 Å². The number of hydrogen-bond donors (Lipinski definition) is 1. The third-order valence-corrected chi connectivity index (χ3v) is 5.51. The van der Waals surface area contributed by atoms with Crippen LogP contribution in [0.1, 0.15) is 45.1 Å². The van der Waals surface area contributed by atoms with Gasteiger partial charge in [-0.15, -0.1) is 0 Å². The molecule has 2 aromatic rings. The standard InChI is InChI=1S/C25H32ClNO5/c1-25(2,3)32-24(29)27-14-13-20(22(28)17-27)18-9-11-19(12-10-18)30-15-6-16-31-23-8-5-4-7-21(23)26/h4-5,7-12,20,22,28H,6,13-17H2,1-3H3. The molecule has 6 nitrogen and oxygen atoms in total. The Bertz CT molecular complexity index is 881. The molecule has 2 unspecified atom stereocenters. The number of carbonyl (C=O) groups is 1. The lowest BCUT2D eigenvalue weighted by atomic mass is 9.87. The number of nitrogens with zero attached hydrogens (tertiary/aromatic N) is 1. The van der Waals surface area contributed by atoms with Gasteiger partial charge in [0.2, 0.25) is 0 Å². The number of rotatable bonds is 7. The van der Waals surface area contributed by atoms with Crippen LogP contribution in [0.15, 0.2) is 48.5 Å². The first kappa shape index (κ1) is 24.2. The average Bonchev–Trinajstić information content (AvgIpc) is 2.74. The van der Waals surface area contributed by atoms with Crippen molar-refractivity contribution in [1.82, 2.24) is 4.90 Å². The molecule has 0 radical (unpaired) electrons. The van der Waals surface area contributed by atoms with Crippen LogP contribution in [0.5, 0.6) is 11.5 Å². The van der Waals surface area contributed by atoms with E-state index in [4.69, 9.17) is 25.8 Å². The lowest BCUT2D eigenvalue weighted by Crippen LogP contribution is -2.47. The third kappa shape index (κ3) is 7.04. The minimum absolute atomic E-state index is 0.0215. The summed E-state index contributed by atoms with van der Waals surface area (Å²) in [5, 5.41) is 11.2. The largest absolute Gasteiger partial charge is 0.493 e. The van der Waals surface area contributed by atoms with E-state index in [2.05, 4.69) is 0 Å². The Morgan fingerprint density at radius 3 is 2.44 bits per heavy atom. The highest BCUT2D eigenvalue weighted by molar-refractivity contribution is 6.32. The van der Waals surface area contributed by atoms with E-state index >= 15 is 0 Å². The molecule has 1 fully saturated rings. The van der Waals surface area contributed by atoms with Gasteiger partial charge in [-0.2, -0.15) is 0 Å². The quantitative estimate of drug-likeness (QED) is 0.568. The predicted molar refractivity (Wildman–Crippen MR) is 125 cm³/mol. The van der Waals surface area contributed by atoms with Gasteiger partial charge in [-0.3, -0.25) is 0 Å². The molecule has 1 aliphatic rings. The molecular weight excluding hydrogens is 430 g/mol. The van der Waals surface area contributed by atoms with Crippen LogP contribution in [0.4, 0.5) is 4.79 Å². The van der Waals surface area contributed by atoms with Crippen molar-refractivity contribution < 1.29 is 24.1 Å². The highest BCUT2D eigenvalue weighted by Gasteiger charge is 2.33. The van der Waals surface area contributed by atoms with Crippen molar-refractivity contribution in [2.75, 3.05) is 26.3 Å². The SMILES string of the molecule is CC(C)(C)OC(=O)N1CCC(c2ccc(OCCCOc3ccccc3Cl)cc2)C(O)C1. The first-order chi connectivity index (χ1) is 15.2. The fourth-order valence-electron chi connectivity index (χ4n) is 3.62. The topological polar surface area (TPSA) is 68.2 Å². The summed E-state index contributed by atoms with van der Waals surface area (Å²) in [5.74, 6) is 1.42. The van der Waals surface area contributed by atoms with Gasteiger partial charge in [0.15, 0.2) is 0 Å². The highest BCUT2D eigenvalue weighted by atomic mass is 35.5. The molecule has 3 rings (SSSR count). The summed E-state index contributed by atoms with van der Waals surface area (Å²) in [5.41, 5.74) is 0.492. The maximum atomic E-state index is 12.3. The van der Waals surface area contributed by atoms with Crippen molar-refractivity contribution in [3.8, 4) is 11.5 Å². The summed E-state index contributed by atoms with van der Waals surface area (Å²) in [6.45, 7) is 7.38. The lowest BCUT2D eigenvalue weighted by molar-refractivity contribution is -0.00152. The summed E-state index contributed by atoms with van der Waals surface area (Å²) < 4.78 is 16.9. The maximum absolute atomic E-state index is 12.3. The molecule has 0 aromatic heterocycles. The molecule has 32 heavy (non-hydrogen) atoms. The van der Waals surface area contributed by atoms with Gasteiger partial charge in [0.25, 0.3) is 0 Å². The molecule has 2 atom stereocenters. The number of ether oxygens (including phenoxy) is 3. The number of amides is 1. The number of aliphatic hydroxyl groups excluding tert-OH is 1. The molecule has 1 N–H and O–H groups in total. The molecular formula is C25H32ClNO5. The van der Waals surface area contributed by atoms with E-state index in [1.807, 2.05) is 63.2 Å². The number of halogens is 1. The van der Waals surface area contributed by atoms with Crippen LogP contribution in [0.25, 0.3) is 0 Å². The Kier molecular flexibility index (Phi) is 8.26. The van der Waals surface area contributed by atoms with Crippen molar-refractivity contribution in [1.29, 1.82) is 0 Å². The summed E-state index contributed by atoms with van der Waals surface area (Å²) in [6, 6.07) is 15.2. The normalized spacial score (nSPS) is 18.8. The second-order valence-corrected chi connectivity index (χ2v) is 9.35. The fraction of sp³-hybridized carbons (Fsp3) is 0.480. The van der Waals surface area contributed by atoms with Crippen LogP contribution in [0.2, 0.25) is 5.02 Å². The Balaban J connectivity index is 1.42. The highest BCUT2D eigenvalue weighted by Crippen LogP contribution is 2.30. The Hall–Kier alpha value is -2.44. The van der Waals surface area contributed by atoms with Crippen molar-refractivity contribution in [3.05, 3.63) is 59.1 Å². The summed E-state index contributed by atoms with van der Waals surface area (Å²) in [7, 11) is 0. The molecule has 0 aliphatic carbocycles. The molecule has 7 heteroatoms. The van der Waals surface area contributed by atoms with Gasteiger partial charge < -0.3 is 24.2 Å². The minimum atomic E-state index is -0.634. The number of piperidine rings is 1. The molecule has 1 saturated heterocycles.